The SMILES string of the molecule is N#Cc1ccc(-c2ccc(F)cc2)cc1-c1cn(C(F)F)nn1. The molecular weight excluding hydrogens is 305 g/mol. The molecule has 1 heterocycles. The van der Waals surface area contributed by atoms with Gasteiger partial charge in [0, 0.05) is 5.56 Å². The van der Waals surface area contributed by atoms with Gasteiger partial charge < -0.3 is 0 Å². The zero-order valence-corrected chi connectivity index (χ0v) is 11.6. The number of nitrogens with zero attached hydrogens (tertiary/aromatic N) is 4. The minimum absolute atomic E-state index is 0.172. The van der Waals surface area contributed by atoms with E-state index in [1.807, 2.05) is 6.07 Å². The Morgan fingerprint density at radius 1 is 1.04 bits per heavy atom. The molecule has 3 rings (SSSR count). The lowest BCUT2D eigenvalue weighted by Crippen LogP contribution is -1.97. The number of benzene rings is 2. The molecule has 0 N–H and O–H groups in total. The Hall–Kier alpha value is -3.14. The van der Waals surface area contributed by atoms with Crippen LogP contribution >= 0.6 is 0 Å². The zero-order valence-electron chi connectivity index (χ0n) is 11.6. The third-order valence-electron chi connectivity index (χ3n) is 3.30. The van der Waals surface area contributed by atoms with Crippen molar-refractivity contribution in [2.75, 3.05) is 0 Å². The van der Waals surface area contributed by atoms with E-state index in [1.54, 1.807) is 30.3 Å². The third kappa shape index (κ3) is 2.92. The van der Waals surface area contributed by atoms with Crippen molar-refractivity contribution in [3.05, 3.63) is 60.0 Å². The highest BCUT2D eigenvalue weighted by Crippen LogP contribution is 2.29. The first-order chi connectivity index (χ1) is 11.1. The molecule has 4 nitrogen and oxygen atoms in total. The molecule has 114 valence electrons. The summed E-state index contributed by atoms with van der Waals surface area (Å²) in [5, 5.41) is 16.2. The van der Waals surface area contributed by atoms with Crippen LogP contribution in [0.2, 0.25) is 0 Å². The molecule has 2 aromatic carbocycles. The number of alkyl halides is 2. The number of aromatic nitrogens is 3. The molecule has 3 aromatic rings. The first kappa shape index (κ1) is 14.8. The molecule has 0 amide bonds. The fraction of sp³-hybridized carbons (Fsp3) is 0.0625. The molecule has 0 spiro atoms. The smallest absolute Gasteiger partial charge is 0.207 e. The van der Waals surface area contributed by atoms with Crippen molar-refractivity contribution in [3.63, 3.8) is 0 Å². The van der Waals surface area contributed by atoms with Crippen LogP contribution < -0.4 is 0 Å². The molecule has 1 aromatic heterocycles. The van der Waals surface area contributed by atoms with Crippen LogP contribution in [-0.2, 0) is 0 Å². The van der Waals surface area contributed by atoms with E-state index in [9.17, 15) is 18.4 Å². The van der Waals surface area contributed by atoms with Crippen LogP contribution in [-0.4, -0.2) is 15.0 Å². The predicted molar refractivity (Wildman–Crippen MR) is 76.8 cm³/mol. The largest absolute Gasteiger partial charge is 0.334 e. The van der Waals surface area contributed by atoms with Gasteiger partial charge in [-0.25, -0.2) is 4.39 Å². The van der Waals surface area contributed by atoms with Crippen LogP contribution in [0, 0.1) is 17.1 Å². The van der Waals surface area contributed by atoms with E-state index in [1.165, 1.54) is 12.1 Å². The Balaban J connectivity index is 2.09. The van der Waals surface area contributed by atoms with E-state index >= 15 is 0 Å². The molecule has 0 atom stereocenters. The molecule has 0 radical (unpaired) electrons. The molecule has 0 saturated carbocycles. The molecule has 0 bridgehead atoms. The summed E-state index contributed by atoms with van der Waals surface area (Å²) in [5.41, 5.74) is 2.30. The number of nitriles is 1. The Labute approximate surface area is 129 Å². The van der Waals surface area contributed by atoms with Gasteiger partial charge >= 0.3 is 6.55 Å². The van der Waals surface area contributed by atoms with Crippen molar-refractivity contribution in [2.45, 2.75) is 6.55 Å². The topological polar surface area (TPSA) is 54.5 Å². The lowest BCUT2D eigenvalue weighted by Gasteiger charge is -2.06. The monoisotopic (exact) mass is 314 g/mol. The van der Waals surface area contributed by atoms with Crippen molar-refractivity contribution in [1.29, 1.82) is 5.26 Å². The Bertz CT molecular complexity index is 879. The highest BCUT2D eigenvalue weighted by molar-refractivity contribution is 5.75. The standard InChI is InChI=1S/C16H9F3N4/c17-13-5-3-10(4-6-13)11-1-2-12(8-20)14(7-11)15-9-23(16(18)19)22-21-15/h1-7,9,16H. The van der Waals surface area contributed by atoms with Gasteiger partial charge in [0.2, 0.25) is 0 Å². The minimum Gasteiger partial charge on any atom is -0.207 e. The van der Waals surface area contributed by atoms with Crippen molar-refractivity contribution < 1.29 is 13.2 Å². The van der Waals surface area contributed by atoms with Gasteiger partial charge in [0.25, 0.3) is 0 Å². The molecule has 0 aliphatic carbocycles. The zero-order chi connectivity index (χ0) is 16.4. The van der Waals surface area contributed by atoms with Crippen LogP contribution in [0.4, 0.5) is 13.2 Å². The van der Waals surface area contributed by atoms with Gasteiger partial charge in [0.15, 0.2) is 0 Å². The first-order valence-corrected chi connectivity index (χ1v) is 6.59. The van der Waals surface area contributed by atoms with E-state index in [0.717, 1.165) is 11.8 Å². The average Bonchev–Trinajstić information content (AvgIpc) is 3.05. The van der Waals surface area contributed by atoms with Gasteiger partial charge in [-0.2, -0.15) is 18.7 Å². The summed E-state index contributed by atoms with van der Waals surface area (Å²) in [6, 6.07) is 12.7. The molecule has 0 saturated heterocycles. The summed E-state index contributed by atoms with van der Waals surface area (Å²) >= 11 is 0. The predicted octanol–water partition coefficient (Wildman–Crippen LogP) is 4.02. The molecule has 0 unspecified atom stereocenters. The lowest BCUT2D eigenvalue weighted by atomic mass is 9.98. The highest BCUT2D eigenvalue weighted by atomic mass is 19.3. The van der Waals surface area contributed by atoms with E-state index in [-0.39, 0.29) is 17.1 Å². The summed E-state index contributed by atoms with van der Waals surface area (Å²) in [4.78, 5) is 0. The maximum atomic E-state index is 13.0. The van der Waals surface area contributed by atoms with E-state index in [2.05, 4.69) is 10.3 Å². The van der Waals surface area contributed by atoms with Crippen LogP contribution in [0.1, 0.15) is 12.1 Å². The van der Waals surface area contributed by atoms with Gasteiger partial charge in [-0.1, -0.05) is 23.4 Å². The molecule has 23 heavy (non-hydrogen) atoms. The third-order valence-corrected chi connectivity index (χ3v) is 3.30. The fourth-order valence-electron chi connectivity index (χ4n) is 2.17. The number of halogens is 3. The van der Waals surface area contributed by atoms with Crippen LogP contribution in [0.5, 0.6) is 0 Å². The van der Waals surface area contributed by atoms with Gasteiger partial charge in [-0.3, -0.25) is 0 Å². The molecule has 0 fully saturated rings. The van der Waals surface area contributed by atoms with Gasteiger partial charge in [0.05, 0.1) is 17.8 Å². The Kier molecular flexibility index (Phi) is 3.81. The second-order valence-corrected chi connectivity index (χ2v) is 4.74. The first-order valence-electron chi connectivity index (χ1n) is 6.59. The quantitative estimate of drug-likeness (QED) is 0.734. The van der Waals surface area contributed by atoms with Crippen LogP contribution in [0.25, 0.3) is 22.4 Å². The average molecular weight is 314 g/mol. The van der Waals surface area contributed by atoms with E-state index in [0.29, 0.717) is 15.8 Å². The van der Waals surface area contributed by atoms with Gasteiger partial charge in [-0.15, -0.1) is 5.10 Å². The summed E-state index contributed by atoms with van der Waals surface area (Å²) < 4.78 is 38.7. The van der Waals surface area contributed by atoms with Crippen molar-refractivity contribution in [3.8, 4) is 28.5 Å². The van der Waals surface area contributed by atoms with Crippen molar-refractivity contribution in [2.24, 2.45) is 0 Å². The summed E-state index contributed by atoms with van der Waals surface area (Å²) in [5.74, 6) is -0.359. The fourth-order valence-corrected chi connectivity index (χ4v) is 2.17. The molecular formula is C16H9F3N4. The van der Waals surface area contributed by atoms with Crippen molar-refractivity contribution in [1.82, 2.24) is 15.0 Å². The van der Waals surface area contributed by atoms with Gasteiger partial charge in [-0.05, 0) is 35.4 Å². The maximum absolute atomic E-state index is 13.0. The second kappa shape index (κ2) is 5.93. The van der Waals surface area contributed by atoms with Crippen LogP contribution in [0.15, 0.2) is 48.7 Å². The van der Waals surface area contributed by atoms with E-state index in [4.69, 9.17) is 0 Å². The molecule has 7 heteroatoms. The normalized spacial score (nSPS) is 10.7. The highest BCUT2D eigenvalue weighted by Gasteiger charge is 2.14. The number of hydrogen-bond acceptors (Lipinski definition) is 3. The number of hydrogen-bond donors (Lipinski definition) is 0. The maximum Gasteiger partial charge on any atom is 0.334 e. The van der Waals surface area contributed by atoms with Crippen LogP contribution in [0.3, 0.4) is 0 Å². The lowest BCUT2D eigenvalue weighted by molar-refractivity contribution is 0.0546. The summed E-state index contributed by atoms with van der Waals surface area (Å²) in [7, 11) is 0. The Morgan fingerprint density at radius 2 is 1.74 bits per heavy atom. The van der Waals surface area contributed by atoms with Crippen molar-refractivity contribution >= 4 is 0 Å². The minimum atomic E-state index is -2.80. The summed E-state index contributed by atoms with van der Waals surface area (Å²) in [6.07, 6.45) is 1.08. The second-order valence-electron chi connectivity index (χ2n) is 4.74. The van der Waals surface area contributed by atoms with Gasteiger partial charge in [0.1, 0.15) is 11.5 Å². The Morgan fingerprint density at radius 3 is 2.35 bits per heavy atom. The van der Waals surface area contributed by atoms with E-state index < -0.39 is 6.55 Å². The number of rotatable bonds is 3. The molecule has 0 aliphatic rings. The molecule has 0 aliphatic heterocycles. The summed E-state index contributed by atoms with van der Waals surface area (Å²) in [6.45, 7) is -2.80.